The van der Waals surface area contributed by atoms with Crippen molar-refractivity contribution in [2.45, 2.75) is 13.0 Å². The molecule has 0 aliphatic heterocycles. The van der Waals surface area contributed by atoms with Gasteiger partial charge in [-0.3, -0.25) is 10.2 Å². The van der Waals surface area contributed by atoms with Crippen LogP contribution in [-0.4, -0.2) is 38.9 Å². The molecule has 0 fully saturated rings. The summed E-state index contributed by atoms with van der Waals surface area (Å²) >= 11 is 0. The lowest BCUT2D eigenvalue weighted by atomic mass is 10.2. The normalized spacial score (nSPS) is 11.9. The quantitative estimate of drug-likeness (QED) is 0.314. The zero-order chi connectivity index (χ0) is 14.1. The van der Waals surface area contributed by atoms with Crippen LogP contribution in [0.1, 0.15) is 17.3 Å². The van der Waals surface area contributed by atoms with Gasteiger partial charge in [-0.05, 0) is 31.2 Å². The van der Waals surface area contributed by atoms with Crippen molar-refractivity contribution in [2.75, 3.05) is 26.9 Å². The van der Waals surface area contributed by atoms with E-state index in [1.165, 1.54) is 0 Å². The highest BCUT2D eigenvalue weighted by Gasteiger charge is 2.04. The van der Waals surface area contributed by atoms with Crippen LogP contribution in [0.25, 0.3) is 0 Å². The predicted molar refractivity (Wildman–Crippen MR) is 70.9 cm³/mol. The number of nitrogens with two attached hydrogens (primary N) is 1. The maximum atomic E-state index is 11.2. The first-order valence-electron chi connectivity index (χ1n) is 6.01. The lowest BCUT2D eigenvalue weighted by molar-refractivity contribution is -0.00214. The van der Waals surface area contributed by atoms with Crippen molar-refractivity contribution in [1.29, 1.82) is 0 Å². The number of nitrogen functional groups attached to an aromatic ring is 1. The van der Waals surface area contributed by atoms with E-state index in [1.807, 2.05) is 6.92 Å². The van der Waals surface area contributed by atoms with Gasteiger partial charge in [0.05, 0.1) is 19.3 Å². The average Bonchev–Trinajstić information content (AvgIpc) is 2.44. The summed E-state index contributed by atoms with van der Waals surface area (Å²) < 4.78 is 15.9. The van der Waals surface area contributed by atoms with Crippen LogP contribution in [0, 0.1) is 0 Å². The van der Waals surface area contributed by atoms with Crippen LogP contribution in [-0.2, 0) is 9.47 Å². The summed E-state index contributed by atoms with van der Waals surface area (Å²) in [6.07, 6.45) is 0.0456. The molecule has 0 aliphatic rings. The van der Waals surface area contributed by atoms with Crippen LogP contribution in [0.3, 0.4) is 0 Å². The molecule has 6 heteroatoms. The molecule has 1 aromatic carbocycles. The Morgan fingerprint density at radius 1 is 1.32 bits per heavy atom. The SMILES string of the molecule is COCC(C)OCCOc1ccc(C(=O)NN)cc1. The minimum atomic E-state index is -0.330. The molecule has 0 spiro atoms. The van der Waals surface area contributed by atoms with E-state index in [0.29, 0.717) is 31.1 Å². The predicted octanol–water partition coefficient (Wildman–Crippen LogP) is 0.720. The van der Waals surface area contributed by atoms with Gasteiger partial charge in [0.15, 0.2) is 0 Å². The number of rotatable bonds is 8. The summed E-state index contributed by atoms with van der Waals surface area (Å²) in [7, 11) is 1.63. The van der Waals surface area contributed by atoms with Gasteiger partial charge >= 0.3 is 0 Å². The number of carbonyl (C=O) groups excluding carboxylic acids is 1. The van der Waals surface area contributed by atoms with E-state index < -0.39 is 0 Å². The maximum Gasteiger partial charge on any atom is 0.265 e. The van der Waals surface area contributed by atoms with Gasteiger partial charge in [0.1, 0.15) is 12.4 Å². The standard InChI is InChI=1S/C13H20N2O4/c1-10(9-17-2)18-7-8-19-12-5-3-11(4-6-12)13(16)15-14/h3-6,10H,7-9,14H2,1-2H3,(H,15,16). The fourth-order valence-electron chi connectivity index (χ4n) is 1.48. The number of carbonyl (C=O) groups is 1. The second-order valence-corrected chi connectivity index (χ2v) is 3.98. The van der Waals surface area contributed by atoms with Gasteiger partial charge in [-0.1, -0.05) is 0 Å². The molecule has 0 bridgehead atoms. The van der Waals surface area contributed by atoms with Crippen LogP contribution in [0.4, 0.5) is 0 Å². The first-order chi connectivity index (χ1) is 9.17. The van der Waals surface area contributed by atoms with Crippen LogP contribution >= 0.6 is 0 Å². The molecule has 1 aromatic rings. The van der Waals surface area contributed by atoms with E-state index in [0.717, 1.165) is 0 Å². The van der Waals surface area contributed by atoms with Gasteiger partial charge in [-0.15, -0.1) is 0 Å². The minimum Gasteiger partial charge on any atom is -0.491 e. The minimum absolute atomic E-state index is 0.0456. The number of amides is 1. The van der Waals surface area contributed by atoms with Crippen molar-refractivity contribution < 1.29 is 19.0 Å². The Kier molecular flexibility index (Phi) is 6.88. The van der Waals surface area contributed by atoms with Gasteiger partial charge in [0.25, 0.3) is 5.91 Å². The van der Waals surface area contributed by atoms with Gasteiger partial charge in [0, 0.05) is 12.7 Å². The fourth-order valence-corrected chi connectivity index (χ4v) is 1.48. The van der Waals surface area contributed by atoms with E-state index in [9.17, 15) is 4.79 Å². The Labute approximate surface area is 112 Å². The zero-order valence-electron chi connectivity index (χ0n) is 11.2. The van der Waals surface area contributed by atoms with Crippen molar-refractivity contribution in [3.05, 3.63) is 29.8 Å². The Balaban J connectivity index is 2.28. The second kappa shape index (κ2) is 8.47. The van der Waals surface area contributed by atoms with Crippen molar-refractivity contribution in [3.8, 4) is 5.75 Å². The Morgan fingerprint density at radius 2 is 2.00 bits per heavy atom. The van der Waals surface area contributed by atoms with Gasteiger partial charge in [-0.2, -0.15) is 0 Å². The molecule has 0 aliphatic carbocycles. The van der Waals surface area contributed by atoms with E-state index in [4.69, 9.17) is 20.1 Å². The molecule has 1 atom stereocenters. The topological polar surface area (TPSA) is 82.8 Å². The molecule has 0 radical (unpaired) electrons. The van der Waals surface area contributed by atoms with Crippen molar-refractivity contribution >= 4 is 5.91 Å². The molecule has 0 saturated heterocycles. The third-order valence-electron chi connectivity index (χ3n) is 2.40. The average molecular weight is 268 g/mol. The first-order valence-corrected chi connectivity index (χ1v) is 6.01. The molecule has 6 nitrogen and oxygen atoms in total. The number of hydrogen-bond acceptors (Lipinski definition) is 5. The molecular weight excluding hydrogens is 248 g/mol. The molecule has 1 amide bonds. The molecule has 3 N–H and O–H groups in total. The van der Waals surface area contributed by atoms with E-state index in [1.54, 1.807) is 31.4 Å². The van der Waals surface area contributed by atoms with Crippen molar-refractivity contribution in [1.82, 2.24) is 5.43 Å². The summed E-state index contributed by atoms with van der Waals surface area (Å²) in [4.78, 5) is 11.2. The largest absolute Gasteiger partial charge is 0.491 e. The summed E-state index contributed by atoms with van der Waals surface area (Å²) in [5.74, 6) is 5.38. The van der Waals surface area contributed by atoms with E-state index >= 15 is 0 Å². The Hall–Kier alpha value is -1.63. The monoisotopic (exact) mass is 268 g/mol. The lowest BCUT2D eigenvalue weighted by Crippen LogP contribution is -2.29. The number of methoxy groups -OCH3 is 1. The highest BCUT2D eigenvalue weighted by atomic mass is 16.5. The van der Waals surface area contributed by atoms with Crippen LogP contribution in [0.5, 0.6) is 5.75 Å². The van der Waals surface area contributed by atoms with E-state index in [2.05, 4.69) is 5.43 Å². The number of hydrazine groups is 1. The smallest absolute Gasteiger partial charge is 0.265 e. The number of hydrogen-bond donors (Lipinski definition) is 2. The molecule has 19 heavy (non-hydrogen) atoms. The summed E-state index contributed by atoms with van der Waals surface area (Å²) in [5, 5.41) is 0. The van der Waals surface area contributed by atoms with Crippen LogP contribution in [0.2, 0.25) is 0 Å². The van der Waals surface area contributed by atoms with Gasteiger partial charge < -0.3 is 14.2 Å². The molecule has 0 saturated carbocycles. The third-order valence-corrected chi connectivity index (χ3v) is 2.40. The first kappa shape index (κ1) is 15.4. The fraction of sp³-hybridized carbons (Fsp3) is 0.462. The van der Waals surface area contributed by atoms with Gasteiger partial charge in [-0.25, -0.2) is 5.84 Å². The molecule has 1 unspecified atom stereocenters. The summed E-state index contributed by atoms with van der Waals surface area (Å²) in [6, 6.07) is 6.71. The summed E-state index contributed by atoms with van der Waals surface area (Å²) in [5.41, 5.74) is 2.55. The van der Waals surface area contributed by atoms with Crippen LogP contribution < -0.4 is 16.0 Å². The second-order valence-electron chi connectivity index (χ2n) is 3.98. The third kappa shape index (κ3) is 5.69. The number of benzene rings is 1. The highest BCUT2D eigenvalue weighted by molar-refractivity contribution is 5.93. The van der Waals surface area contributed by atoms with Crippen molar-refractivity contribution in [3.63, 3.8) is 0 Å². The zero-order valence-corrected chi connectivity index (χ0v) is 11.2. The highest BCUT2D eigenvalue weighted by Crippen LogP contribution is 2.11. The Morgan fingerprint density at radius 3 is 2.58 bits per heavy atom. The van der Waals surface area contributed by atoms with Crippen molar-refractivity contribution in [2.24, 2.45) is 5.84 Å². The van der Waals surface area contributed by atoms with E-state index in [-0.39, 0.29) is 12.0 Å². The van der Waals surface area contributed by atoms with Gasteiger partial charge in [0.2, 0.25) is 0 Å². The molecule has 1 rings (SSSR count). The summed E-state index contributed by atoms with van der Waals surface area (Å²) in [6.45, 7) is 3.42. The molecule has 0 aromatic heterocycles. The number of nitrogens with one attached hydrogen (secondary N) is 1. The molecule has 0 heterocycles. The number of ether oxygens (including phenoxy) is 3. The lowest BCUT2D eigenvalue weighted by Gasteiger charge is -2.12. The molecular formula is C13H20N2O4. The Bertz CT molecular complexity index is 381. The molecule has 106 valence electrons. The maximum absolute atomic E-state index is 11.2. The van der Waals surface area contributed by atoms with Crippen LogP contribution in [0.15, 0.2) is 24.3 Å².